The molecule has 4 bridgehead atoms. The van der Waals surface area contributed by atoms with Crippen LogP contribution in [0.3, 0.4) is 0 Å². The van der Waals surface area contributed by atoms with E-state index in [0.29, 0.717) is 17.3 Å². The van der Waals surface area contributed by atoms with Gasteiger partial charge in [-0.3, -0.25) is 0 Å². The van der Waals surface area contributed by atoms with Crippen molar-refractivity contribution >= 4 is 17.9 Å². The van der Waals surface area contributed by atoms with E-state index in [-0.39, 0.29) is 11.4 Å². The third-order valence-electron chi connectivity index (χ3n) is 6.89. The highest BCUT2D eigenvalue weighted by Crippen LogP contribution is 2.61. The summed E-state index contributed by atoms with van der Waals surface area (Å²) in [6, 6.07) is 9.69. The first-order valence-corrected chi connectivity index (χ1v) is 10.2. The Hall–Kier alpha value is -2.76. The predicted octanol–water partition coefficient (Wildman–Crippen LogP) is 3.78. The second-order valence-corrected chi connectivity index (χ2v) is 8.93. The molecule has 1 aromatic carbocycles. The molecule has 0 radical (unpaired) electrons. The van der Waals surface area contributed by atoms with Crippen LogP contribution < -0.4 is 0 Å². The molecule has 4 aliphatic carbocycles. The Kier molecular flexibility index (Phi) is 3.40. The standard InChI is InChI=1S/C22H22N4O2/c27-20-19(9-17-13-23-26(25-17)18-4-2-1-3-5-18)24-21(28-20)22-10-14-6-15(11-22)8-16(7-14)12-22/h1-5,9,13-16H,6-8,10-12H2. The molecule has 6 nitrogen and oxygen atoms in total. The Morgan fingerprint density at radius 2 is 1.71 bits per heavy atom. The normalized spacial score (nSPS) is 34.7. The van der Waals surface area contributed by atoms with Crippen LogP contribution in [0.5, 0.6) is 0 Å². The maximum absolute atomic E-state index is 12.5. The van der Waals surface area contributed by atoms with Crippen LogP contribution in [0.15, 0.2) is 47.2 Å². The molecule has 4 fully saturated rings. The lowest BCUT2D eigenvalue weighted by Gasteiger charge is -2.55. The summed E-state index contributed by atoms with van der Waals surface area (Å²) in [6.45, 7) is 0. The maximum atomic E-state index is 12.5. The molecule has 1 aliphatic heterocycles. The number of aliphatic imine (C=N–C) groups is 1. The van der Waals surface area contributed by atoms with Crippen molar-refractivity contribution in [2.75, 3.05) is 0 Å². The fraction of sp³-hybridized carbons (Fsp3) is 0.455. The molecule has 0 saturated heterocycles. The molecule has 1 aromatic heterocycles. The molecule has 142 valence electrons. The monoisotopic (exact) mass is 374 g/mol. The Morgan fingerprint density at radius 3 is 2.39 bits per heavy atom. The van der Waals surface area contributed by atoms with Crippen LogP contribution in [0.2, 0.25) is 0 Å². The number of esters is 1. The molecule has 5 aliphatic rings. The number of benzene rings is 1. The van der Waals surface area contributed by atoms with Crippen molar-refractivity contribution in [1.29, 1.82) is 0 Å². The van der Waals surface area contributed by atoms with Crippen molar-refractivity contribution in [2.24, 2.45) is 28.2 Å². The molecule has 28 heavy (non-hydrogen) atoms. The maximum Gasteiger partial charge on any atom is 0.363 e. The first-order valence-electron chi connectivity index (χ1n) is 10.2. The summed E-state index contributed by atoms with van der Waals surface area (Å²) >= 11 is 0. The van der Waals surface area contributed by atoms with Crippen LogP contribution in [0, 0.1) is 23.2 Å². The molecule has 2 aromatic rings. The number of nitrogens with zero attached hydrogens (tertiary/aromatic N) is 4. The summed E-state index contributed by atoms with van der Waals surface area (Å²) in [7, 11) is 0. The molecule has 4 saturated carbocycles. The highest BCUT2D eigenvalue weighted by molar-refractivity contribution is 6.08. The summed E-state index contributed by atoms with van der Waals surface area (Å²) in [5.74, 6) is 2.66. The lowest BCUT2D eigenvalue weighted by Crippen LogP contribution is -2.50. The van der Waals surface area contributed by atoms with Gasteiger partial charge in [-0.05, 0) is 68.4 Å². The van der Waals surface area contributed by atoms with Crippen LogP contribution in [0.4, 0.5) is 0 Å². The topological polar surface area (TPSA) is 69.4 Å². The predicted molar refractivity (Wildman–Crippen MR) is 103 cm³/mol. The van der Waals surface area contributed by atoms with Gasteiger partial charge < -0.3 is 4.74 Å². The molecule has 0 N–H and O–H groups in total. The van der Waals surface area contributed by atoms with Gasteiger partial charge in [-0.25, -0.2) is 9.79 Å². The third-order valence-corrected chi connectivity index (χ3v) is 6.89. The summed E-state index contributed by atoms with van der Waals surface area (Å²) in [5, 5.41) is 8.74. The zero-order chi connectivity index (χ0) is 18.7. The molecule has 2 heterocycles. The zero-order valence-corrected chi connectivity index (χ0v) is 15.6. The average molecular weight is 374 g/mol. The number of ether oxygens (including phenoxy) is 1. The number of para-hydroxylation sites is 1. The third kappa shape index (κ3) is 2.54. The zero-order valence-electron chi connectivity index (χ0n) is 15.6. The van der Waals surface area contributed by atoms with Gasteiger partial charge in [0.1, 0.15) is 5.69 Å². The van der Waals surface area contributed by atoms with Crippen LogP contribution >= 0.6 is 0 Å². The molecule has 6 heteroatoms. The van der Waals surface area contributed by atoms with Crippen LogP contribution in [-0.2, 0) is 9.53 Å². The van der Waals surface area contributed by atoms with Crippen molar-refractivity contribution in [3.05, 3.63) is 47.9 Å². The molecule has 0 atom stereocenters. The first-order chi connectivity index (χ1) is 13.7. The van der Waals surface area contributed by atoms with Crippen LogP contribution in [0.25, 0.3) is 11.8 Å². The van der Waals surface area contributed by atoms with Crippen LogP contribution in [-0.4, -0.2) is 26.9 Å². The minimum absolute atomic E-state index is 0.0123. The van der Waals surface area contributed by atoms with E-state index in [1.54, 1.807) is 17.1 Å². The van der Waals surface area contributed by atoms with Gasteiger partial charge in [-0.1, -0.05) is 18.2 Å². The van der Waals surface area contributed by atoms with Crippen molar-refractivity contribution in [2.45, 2.75) is 38.5 Å². The van der Waals surface area contributed by atoms with Gasteiger partial charge in [-0.15, -0.1) is 5.10 Å². The summed E-state index contributed by atoms with van der Waals surface area (Å²) in [5.41, 5.74) is 1.80. The van der Waals surface area contributed by atoms with Gasteiger partial charge >= 0.3 is 5.97 Å². The van der Waals surface area contributed by atoms with E-state index in [9.17, 15) is 4.79 Å². The SMILES string of the molecule is O=C1OC(C23CC4CC(CC(C4)C2)C3)=NC1=Cc1cnn(-c2ccccc2)n1. The molecular formula is C22H22N4O2. The van der Waals surface area contributed by atoms with Crippen LogP contribution in [0.1, 0.15) is 44.2 Å². The summed E-state index contributed by atoms with van der Waals surface area (Å²) in [4.78, 5) is 18.7. The van der Waals surface area contributed by atoms with E-state index < -0.39 is 0 Å². The number of carbonyl (C=O) groups is 1. The van der Waals surface area contributed by atoms with E-state index in [1.165, 1.54) is 19.3 Å². The minimum Gasteiger partial charge on any atom is -0.406 e. The number of rotatable bonds is 3. The molecule has 0 unspecified atom stereocenters. The number of hydrogen-bond donors (Lipinski definition) is 0. The lowest BCUT2D eigenvalue weighted by molar-refractivity contribution is -0.131. The fourth-order valence-electron chi connectivity index (χ4n) is 6.18. The average Bonchev–Trinajstić information content (AvgIpc) is 3.29. The summed E-state index contributed by atoms with van der Waals surface area (Å²) in [6.07, 6.45) is 10.8. The molecular weight excluding hydrogens is 352 g/mol. The Morgan fingerprint density at radius 1 is 1.04 bits per heavy atom. The Bertz CT molecular complexity index is 969. The summed E-state index contributed by atoms with van der Waals surface area (Å²) < 4.78 is 5.71. The highest BCUT2D eigenvalue weighted by atomic mass is 16.6. The largest absolute Gasteiger partial charge is 0.406 e. The van der Waals surface area contributed by atoms with Gasteiger partial charge in [0.15, 0.2) is 5.70 Å². The van der Waals surface area contributed by atoms with Crippen molar-refractivity contribution < 1.29 is 9.53 Å². The van der Waals surface area contributed by atoms with E-state index >= 15 is 0 Å². The lowest BCUT2D eigenvalue weighted by atomic mass is 9.49. The Labute approximate surface area is 163 Å². The van der Waals surface area contributed by atoms with Gasteiger partial charge in [0, 0.05) is 11.5 Å². The van der Waals surface area contributed by atoms with E-state index in [1.807, 2.05) is 30.3 Å². The van der Waals surface area contributed by atoms with Gasteiger partial charge in [0.05, 0.1) is 11.9 Å². The van der Waals surface area contributed by atoms with E-state index in [0.717, 1.165) is 42.7 Å². The second kappa shape index (κ2) is 5.87. The van der Waals surface area contributed by atoms with Crippen molar-refractivity contribution in [3.8, 4) is 5.69 Å². The molecule has 7 rings (SSSR count). The highest BCUT2D eigenvalue weighted by Gasteiger charge is 2.55. The fourth-order valence-corrected chi connectivity index (χ4v) is 6.18. The number of aromatic nitrogens is 3. The quantitative estimate of drug-likeness (QED) is 0.606. The molecule has 0 spiro atoms. The smallest absolute Gasteiger partial charge is 0.363 e. The Balaban J connectivity index is 1.30. The van der Waals surface area contributed by atoms with E-state index in [4.69, 9.17) is 4.74 Å². The second-order valence-electron chi connectivity index (χ2n) is 8.93. The van der Waals surface area contributed by atoms with Gasteiger partial charge in [-0.2, -0.15) is 9.90 Å². The first kappa shape index (κ1) is 16.2. The van der Waals surface area contributed by atoms with E-state index in [2.05, 4.69) is 15.2 Å². The van der Waals surface area contributed by atoms with Crippen molar-refractivity contribution in [1.82, 2.24) is 15.0 Å². The number of cyclic esters (lactones) is 1. The number of carbonyl (C=O) groups excluding carboxylic acids is 1. The van der Waals surface area contributed by atoms with Crippen molar-refractivity contribution in [3.63, 3.8) is 0 Å². The minimum atomic E-state index is -0.361. The number of hydrogen-bond acceptors (Lipinski definition) is 5. The van der Waals surface area contributed by atoms with Gasteiger partial charge in [0.25, 0.3) is 0 Å². The van der Waals surface area contributed by atoms with Gasteiger partial charge in [0.2, 0.25) is 5.90 Å². The molecule has 0 amide bonds.